The molecule has 0 spiro atoms. The Morgan fingerprint density at radius 2 is 2.40 bits per heavy atom. The summed E-state index contributed by atoms with van der Waals surface area (Å²) in [6, 6.07) is 2.12. The Balaban J connectivity index is 2.14. The Hall–Kier alpha value is -0.960. The first-order chi connectivity index (χ1) is 7.24. The fourth-order valence-corrected chi connectivity index (χ4v) is 1.87. The highest BCUT2D eigenvalue weighted by atomic mass is 35.5. The van der Waals surface area contributed by atoms with Crippen LogP contribution in [0.1, 0.15) is 29.0 Å². The third-order valence-corrected chi connectivity index (χ3v) is 2.83. The fourth-order valence-electron chi connectivity index (χ4n) is 1.69. The molecule has 0 radical (unpaired) electrons. The van der Waals surface area contributed by atoms with Crippen LogP contribution in [0.3, 0.4) is 0 Å². The summed E-state index contributed by atoms with van der Waals surface area (Å²) in [4.78, 5) is 14.0. The molecule has 4 heteroatoms. The zero-order valence-electron chi connectivity index (χ0n) is 8.70. The van der Waals surface area contributed by atoms with Gasteiger partial charge in [0.1, 0.15) is 5.76 Å². The lowest BCUT2D eigenvalue weighted by molar-refractivity contribution is 0.0752. The number of nitrogens with zero attached hydrogens (tertiary/aromatic N) is 1. The van der Waals surface area contributed by atoms with Crippen molar-refractivity contribution in [2.75, 3.05) is 12.4 Å². The van der Waals surface area contributed by atoms with E-state index in [4.69, 9.17) is 16.0 Å². The van der Waals surface area contributed by atoms with Gasteiger partial charge in [-0.2, -0.15) is 0 Å². The molecule has 1 aliphatic carbocycles. The number of aryl methyl sites for hydroxylation is 1. The van der Waals surface area contributed by atoms with Crippen LogP contribution in [0.5, 0.6) is 0 Å². The molecule has 1 aromatic rings. The van der Waals surface area contributed by atoms with Gasteiger partial charge in [-0.05, 0) is 25.8 Å². The fraction of sp³-hybridized carbons (Fsp3) is 0.545. The molecule has 1 saturated carbocycles. The number of hydrogen-bond donors (Lipinski definition) is 0. The number of furan rings is 1. The Bertz CT molecular complexity index is 357. The van der Waals surface area contributed by atoms with Crippen LogP contribution in [-0.4, -0.2) is 29.3 Å². The molecule has 15 heavy (non-hydrogen) atoms. The van der Waals surface area contributed by atoms with Gasteiger partial charge in [-0.25, -0.2) is 0 Å². The summed E-state index contributed by atoms with van der Waals surface area (Å²) in [5.41, 5.74) is 0.659. The van der Waals surface area contributed by atoms with Crippen molar-refractivity contribution in [3.8, 4) is 0 Å². The van der Waals surface area contributed by atoms with Crippen molar-refractivity contribution in [2.45, 2.75) is 25.8 Å². The highest BCUT2D eigenvalue weighted by molar-refractivity contribution is 6.18. The lowest BCUT2D eigenvalue weighted by Gasteiger charge is -2.20. The van der Waals surface area contributed by atoms with Crippen molar-refractivity contribution in [2.24, 2.45) is 0 Å². The van der Waals surface area contributed by atoms with E-state index in [1.807, 2.05) is 4.90 Å². The van der Waals surface area contributed by atoms with Crippen LogP contribution in [0.2, 0.25) is 0 Å². The molecule has 1 heterocycles. The molecular formula is C11H14ClNO2. The van der Waals surface area contributed by atoms with E-state index in [1.165, 1.54) is 0 Å². The van der Waals surface area contributed by atoms with E-state index in [2.05, 4.69) is 0 Å². The van der Waals surface area contributed by atoms with Gasteiger partial charge in [0.25, 0.3) is 5.91 Å². The van der Waals surface area contributed by atoms with Gasteiger partial charge < -0.3 is 9.32 Å². The summed E-state index contributed by atoms with van der Waals surface area (Å²) >= 11 is 5.70. The van der Waals surface area contributed by atoms with E-state index in [9.17, 15) is 4.79 Å². The Morgan fingerprint density at radius 1 is 1.67 bits per heavy atom. The number of rotatable bonds is 4. The zero-order valence-corrected chi connectivity index (χ0v) is 9.46. The third-order valence-electron chi connectivity index (χ3n) is 2.66. The van der Waals surface area contributed by atoms with E-state index >= 15 is 0 Å². The summed E-state index contributed by atoms with van der Waals surface area (Å²) < 4.78 is 5.13. The highest BCUT2D eigenvalue weighted by Gasteiger charge is 2.33. The van der Waals surface area contributed by atoms with Crippen LogP contribution in [0.4, 0.5) is 0 Å². The number of carbonyl (C=O) groups is 1. The van der Waals surface area contributed by atoms with Crippen molar-refractivity contribution in [1.82, 2.24) is 4.90 Å². The topological polar surface area (TPSA) is 33.5 Å². The van der Waals surface area contributed by atoms with Crippen molar-refractivity contribution < 1.29 is 9.21 Å². The molecular weight excluding hydrogens is 214 g/mol. The number of hydrogen-bond acceptors (Lipinski definition) is 2. The predicted octanol–water partition coefficient (Wildman–Crippen LogP) is 2.43. The Labute approximate surface area is 94.0 Å². The standard InChI is InChI=1S/C11H14ClNO2/c1-8-10(4-7-15-8)11(14)13(6-5-12)9-2-3-9/h4,7,9H,2-3,5-6H2,1H3. The smallest absolute Gasteiger partial charge is 0.257 e. The molecule has 1 fully saturated rings. The lowest BCUT2D eigenvalue weighted by Crippen LogP contribution is -2.34. The summed E-state index contributed by atoms with van der Waals surface area (Å²) in [5.74, 6) is 1.21. The maximum Gasteiger partial charge on any atom is 0.257 e. The second-order valence-corrected chi connectivity index (χ2v) is 4.19. The molecule has 0 bridgehead atoms. The largest absolute Gasteiger partial charge is 0.469 e. The van der Waals surface area contributed by atoms with Gasteiger partial charge >= 0.3 is 0 Å². The molecule has 0 unspecified atom stereocenters. The number of halogens is 1. The molecule has 82 valence electrons. The molecule has 3 nitrogen and oxygen atoms in total. The minimum absolute atomic E-state index is 0.0457. The minimum Gasteiger partial charge on any atom is -0.469 e. The first-order valence-corrected chi connectivity index (χ1v) is 5.68. The summed E-state index contributed by atoms with van der Waals surface area (Å²) in [5, 5.41) is 0. The normalized spacial score (nSPS) is 15.3. The number of alkyl halides is 1. The van der Waals surface area contributed by atoms with Crippen molar-refractivity contribution >= 4 is 17.5 Å². The SMILES string of the molecule is Cc1occc1C(=O)N(CCCl)C1CC1. The molecule has 2 rings (SSSR count). The van der Waals surface area contributed by atoms with Crippen LogP contribution >= 0.6 is 11.6 Å². The number of amides is 1. The molecule has 0 atom stereocenters. The maximum atomic E-state index is 12.1. The predicted molar refractivity (Wildman–Crippen MR) is 58.2 cm³/mol. The van der Waals surface area contributed by atoms with E-state index in [1.54, 1.807) is 19.3 Å². The van der Waals surface area contributed by atoms with Crippen LogP contribution < -0.4 is 0 Å². The monoisotopic (exact) mass is 227 g/mol. The second kappa shape index (κ2) is 4.27. The summed E-state index contributed by atoms with van der Waals surface area (Å²) in [6.07, 6.45) is 3.74. The summed E-state index contributed by atoms with van der Waals surface area (Å²) in [6.45, 7) is 2.43. The van der Waals surface area contributed by atoms with Gasteiger partial charge in [0, 0.05) is 18.5 Å². The van der Waals surface area contributed by atoms with Gasteiger partial charge in [0.05, 0.1) is 11.8 Å². The van der Waals surface area contributed by atoms with Gasteiger partial charge in [0.15, 0.2) is 0 Å². The molecule has 0 N–H and O–H groups in total. The molecule has 0 aliphatic heterocycles. The van der Waals surface area contributed by atoms with Gasteiger partial charge in [-0.15, -0.1) is 11.6 Å². The Morgan fingerprint density at radius 3 is 2.87 bits per heavy atom. The zero-order chi connectivity index (χ0) is 10.8. The maximum absolute atomic E-state index is 12.1. The van der Waals surface area contributed by atoms with E-state index in [0.29, 0.717) is 29.8 Å². The molecule has 0 saturated heterocycles. The van der Waals surface area contributed by atoms with Gasteiger partial charge in [-0.3, -0.25) is 4.79 Å². The van der Waals surface area contributed by atoms with Gasteiger partial charge in [-0.1, -0.05) is 0 Å². The molecule has 0 aromatic carbocycles. The number of carbonyl (C=O) groups excluding carboxylic acids is 1. The molecule has 1 aliphatic rings. The van der Waals surface area contributed by atoms with Crippen LogP contribution in [-0.2, 0) is 0 Å². The van der Waals surface area contributed by atoms with Crippen LogP contribution in [0.15, 0.2) is 16.7 Å². The van der Waals surface area contributed by atoms with Gasteiger partial charge in [0.2, 0.25) is 0 Å². The van der Waals surface area contributed by atoms with E-state index in [-0.39, 0.29) is 5.91 Å². The average Bonchev–Trinajstić information content (AvgIpc) is 2.97. The molecule has 1 aromatic heterocycles. The van der Waals surface area contributed by atoms with Crippen LogP contribution in [0, 0.1) is 6.92 Å². The Kier molecular flexibility index (Phi) is 3.00. The van der Waals surface area contributed by atoms with E-state index < -0.39 is 0 Å². The lowest BCUT2D eigenvalue weighted by atomic mass is 10.2. The quantitative estimate of drug-likeness (QED) is 0.741. The third kappa shape index (κ3) is 2.17. The van der Waals surface area contributed by atoms with Crippen LogP contribution in [0.25, 0.3) is 0 Å². The van der Waals surface area contributed by atoms with E-state index in [0.717, 1.165) is 12.8 Å². The van der Waals surface area contributed by atoms with Crippen molar-refractivity contribution in [3.05, 3.63) is 23.7 Å². The van der Waals surface area contributed by atoms with Crippen molar-refractivity contribution in [3.63, 3.8) is 0 Å². The minimum atomic E-state index is 0.0457. The first-order valence-electron chi connectivity index (χ1n) is 5.15. The molecule has 1 amide bonds. The summed E-state index contributed by atoms with van der Waals surface area (Å²) in [7, 11) is 0. The van der Waals surface area contributed by atoms with Crippen molar-refractivity contribution in [1.29, 1.82) is 0 Å². The first kappa shape index (κ1) is 10.6. The highest BCUT2D eigenvalue weighted by Crippen LogP contribution is 2.28. The average molecular weight is 228 g/mol. The second-order valence-electron chi connectivity index (χ2n) is 3.81.